The van der Waals surface area contributed by atoms with Gasteiger partial charge in [0.1, 0.15) is 17.1 Å². The van der Waals surface area contributed by atoms with E-state index in [-0.39, 0.29) is 41.3 Å². The first kappa shape index (κ1) is 30.4. The summed E-state index contributed by atoms with van der Waals surface area (Å²) < 4.78 is 79.4. The van der Waals surface area contributed by atoms with Crippen molar-refractivity contribution in [2.75, 3.05) is 6.54 Å². The lowest BCUT2D eigenvalue weighted by Gasteiger charge is -2.22. The molecule has 10 nitrogen and oxygen atoms in total. The molecule has 1 unspecified atom stereocenters. The van der Waals surface area contributed by atoms with Gasteiger partial charge in [0.25, 0.3) is 5.91 Å². The van der Waals surface area contributed by atoms with Gasteiger partial charge in [0.2, 0.25) is 5.89 Å². The van der Waals surface area contributed by atoms with E-state index in [1.165, 1.54) is 18.6 Å². The molecule has 2 aromatic carbocycles. The molecule has 2 heterocycles. The van der Waals surface area contributed by atoms with Crippen LogP contribution < -0.4 is 10.5 Å². The standard InChI is InChI=1S/C26H19BrF5N5O5/c27-22-21(13-1-3-14(4-2-13)26(30,31)32)36-24(42-22)18(41-17-6-5-16(28)19(20(17)29)23(33)38)7-10-37(25(39)40)12-15-11-34-8-9-35-15/h1-6,8-9,11,18H,7,10,12H2,(H2,33,38)(H,39,40). The number of benzene rings is 2. The number of nitrogens with zero attached hydrogens (tertiary/aromatic N) is 4. The van der Waals surface area contributed by atoms with Gasteiger partial charge in [0.05, 0.1) is 24.0 Å². The van der Waals surface area contributed by atoms with Crippen LogP contribution in [-0.4, -0.2) is 43.5 Å². The highest BCUT2D eigenvalue weighted by atomic mass is 79.9. The second kappa shape index (κ2) is 12.5. The molecule has 0 bridgehead atoms. The Hall–Kier alpha value is -4.60. The van der Waals surface area contributed by atoms with Gasteiger partial charge in [0.15, 0.2) is 22.3 Å². The summed E-state index contributed by atoms with van der Waals surface area (Å²) in [5.41, 5.74) is 3.77. The third-order valence-corrected chi connectivity index (χ3v) is 6.37. The summed E-state index contributed by atoms with van der Waals surface area (Å²) in [7, 11) is 0. The number of amides is 2. The summed E-state index contributed by atoms with van der Waals surface area (Å²) in [5, 5.41) is 9.71. The maximum absolute atomic E-state index is 15.0. The predicted octanol–water partition coefficient (Wildman–Crippen LogP) is 5.98. The van der Waals surface area contributed by atoms with E-state index in [9.17, 15) is 32.3 Å². The van der Waals surface area contributed by atoms with Crippen molar-refractivity contribution >= 4 is 27.9 Å². The van der Waals surface area contributed by atoms with Crippen molar-refractivity contribution in [1.82, 2.24) is 19.9 Å². The van der Waals surface area contributed by atoms with Crippen LogP contribution in [0.5, 0.6) is 5.75 Å². The third-order valence-electron chi connectivity index (χ3n) is 5.84. The van der Waals surface area contributed by atoms with Gasteiger partial charge in [-0.15, -0.1) is 0 Å². The van der Waals surface area contributed by atoms with Crippen LogP contribution >= 0.6 is 15.9 Å². The molecule has 0 aliphatic carbocycles. The average molecular weight is 656 g/mol. The zero-order valence-corrected chi connectivity index (χ0v) is 22.7. The van der Waals surface area contributed by atoms with E-state index < -0.39 is 52.8 Å². The van der Waals surface area contributed by atoms with E-state index >= 15 is 4.39 Å². The molecule has 16 heteroatoms. The minimum absolute atomic E-state index is 0.0158. The fourth-order valence-corrected chi connectivity index (χ4v) is 4.29. The molecule has 4 rings (SSSR count). The number of ether oxygens (including phenoxy) is 1. The lowest BCUT2D eigenvalue weighted by Crippen LogP contribution is -2.32. The van der Waals surface area contributed by atoms with Crippen LogP contribution in [0.3, 0.4) is 0 Å². The summed E-state index contributed by atoms with van der Waals surface area (Å²) >= 11 is 3.16. The highest BCUT2D eigenvalue weighted by molar-refractivity contribution is 9.10. The van der Waals surface area contributed by atoms with Crippen molar-refractivity contribution in [3.63, 3.8) is 0 Å². The SMILES string of the molecule is NC(=O)c1c(F)ccc(OC(CCN(Cc2cnccn2)C(=O)O)c2nc(-c3ccc(C(F)(F)F)cc3)c(Br)o2)c1F. The number of hydrogen-bond donors (Lipinski definition) is 2. The first-order valence-electron chi connectivity index (χ1n) is 11.9. The number of nitrogens with two attached hydrogens (primary N) is 1. The molecule has 42 heavy (non-hydrogen) atoms. The lowest BCUT2D eigenvalue weighted by atomic mass is 10.1. The van der Waals surface area contributed by atoms with Gasteiger partial charge in [-0.1, -0.05) is 12.1 Å². The van der Waals surface area contributed by atoms with E-state index in [4.69, 9.17) is 14.9 Å². The number of oxazole rings is 1. The second-order valence-corrected chi connectivity index (χ2v) is 9.36. The van der Waals surface area contributed by atoms with Gasteiger partial charge in [0, 0.05) is 30.9 Å². The highest BCUT2D eigenvalue weighted by Crippen LogP contribution is 2.36. The molecule has 0 fully saturated rings. The van der Waals surface area contributed by atoms with E-state index in [2.05, 4.69) is 30.9 Å². The van der Waals surface area contributed by atoms with E-state index in [0.29, 0.717) is 5.69 Å². The van der Waals surface area contributed by atoms with Crippen molar-refractivity contribution in [3.05, 3.63) is 94.0 Å². The molecule has 4 aromatic rings. The first-order chi connectivity index (χ1) is 19.8. The Labute approximate surface area is 242 Å². The Morgan fingerprint density at radius 1 is 1.12 bits per heavy atom. The maximum atomic E-state index is 15.0. The van der Waals surface area contributed by atoms with Crippen molar-refractivity contribution < 1.29 is 45.8 Å². The summed E-state index contributed by atoms with van der Waals surface area (Å²) in [6.07, 6.45) is -3.29. The number of hydrogen-bond acceptors (Lipinski definition) is 7. The molecular formula is C26H19BrF5N5O5. The number of halogens is 6. The largest absolute Gasteiger partial charge is 0.478 e. The number of alkyl halides is 3. The van der Waals surface area contributed by atoms with E-state index in [1.807, 2.05) is 0 Å². The number of rotatable bonds is 10. The Morgan fingerprint density at radius 2 is 1.83 bits per heavy atom. The number of aromatic nitrogens is 3. The topological polar surface area (TPSA) is 145 Å². The zero-order valence-electron chi connectivity index (χ0n) is 21.1. The molecule has 0 spiro atoms. The molecule has 1 atom stereocenters. The van der Waals surface area contributed by atoms with Crippen molar-refractivity contribution in [1.29, 1.82) is 0 Å². The van der Waals surface area contributed by atoms with Gasteiger partial charge in [-0.25, -0.2) is 18.6 Å². The Bertz CT molecular complexity index is 1590. The van der Waals surface area contributed by atoms with Crippen LogP contribution in [0.4, 0.5) is 26.7 Å². The van der Waals surface area contributed by atoms with Crippen LogP contribution in [0, 0.1) is 11.6 Å². The lowest BCUT2D eigenvalue weighted by molar-refractivity contribution is -0.137. The summed E-state index contributed by atoms with van der Waals surface area (Å²) in [6.45, 7) is -0.406. The van der Waals surface area contributed by atoms with Crippen LogP contribution in [0.15, 0.2) is 64.1 Å². The molecular weight excluding hydrogens is 637 g/mol. The molecule has 0 saturated heterocycles. The molecule has 0 radical (unpaired) electrons. The maximum Gasteiger partial charge on any atom is 0.416 e. The van der Waals surface area contributed by atoms with Gasteiger partial charge >= 0.3 is 12.3 Å². The summed E-state index contributed by atoms with van der Waals surface area (Å²) in [4.78, 5) is 36.7. The van der Waals surface area contributed by atoms with Gasteiger partial charge in [-0.05, 0) is 40.2 Å². The van der Waals surface area contributed by atoms with Gasteiger partial charge in [-0.3, -0.25) is 14.8 Å². The minimum atomic E-state index is -4.56. The normalized spacial score (nSPS) is 12.1. The number of primary amides is 1. The first-order valence-corrected chi connectivity index (χ1v) is 12.7. The second-order valence-electron chi connectivity index (χ2n) is 8.64. The third kappa shape index (κ3) is 6.99. The Morgan fingerprint density at radius 3 is 2.43 bits per heavy atom. The van der Waals surface area contributed by atoms with Gasteiger partial charge in [-0.2, -0.15) is 13.2 Å². The van der Waals surface area contributed by atoms with Crippen LogP contribution in [0.2, 0.25) is 0 Å². The molecule has 0 aliphatic heterocycles. The van der Waals surface area contributed by atoms with Crippen molar-refractivity contribution in [3.8, 4) is 17.0 Å². The monoisotopic (exact) mass is 655 g/mol. The highest BCUT2D eigenvalue weighted by Gasteiger charge is 2.31. The van der Waals surface area contributed by atoms with Crippen LogP contribution in [-0.2, 0) is 12.7 Å². The Balaban J connectivity index is 1.68. The number of carbonyl (C=O) groups excluding carboxylic acids is 1. The number of carbonyl (C=O) groups is 2. The molecule has 0 aliphatic rings. The quantitative estimate of drug-likeness (QED) is 0.199. The summed E-state index contributed by atoms with van der Waals surface area (Å²) in [5.74, 6) is -4.87. The molecule has 3 N–H and O–H groups in total. The average Bonchev–Trinajstić information content (AvgIpc) is 3.32. The fraction of sp³-hybridized carbons (Fsp3) is 0.192. The van der Waals surface area contributed by atoms with E-state index in [1.54, 1.807) is 0 Å². The number of carboxylic acid groups (broad SMARTS) is 1. The molecule has 220 valence electrons. The smallest absolute Gasteiger partial charge is 0.416 e. The molecule has 0 saturated carbocycles. The molecule has 2 amide bonds. The van der Waals surface area contributed by atoms with Gasteiger partial charge < -0.3 is 24.9 Å². The molecule has 2 aromatic heterocycles. The Kier molecular flexibility index (Phi) is 9.04. The van der Waals surface area contributed by atoms with Crippen LogP contribution in [0.1, 0.15) is 40.0 Å². The van der Waals surface area contributed by atoms with Crippen LogP contribution in [0.25, 0.3) is 11.3 Å². The predicted molar refractivity (Wildman–Crippen MR) is 138 cm³/mol. The zero-order chi connectivity index (χ0) is 30.6. The minimum Gasteiger partial charge on any atom is -0.478 e. The van der Waals surface area contributed by atoms with E-state index in [0.717, 1.165) is 41.3 Å². The fourth-order valence-electron chi connectivity index (χ4n) is 3.81. The summed E-state index contributed by atoms with van der Waals surface area (Å²) in [6, 6.07) is 5.68. The van der Waals surface area contributed by atoms with Crippen molar-refractivity contribution in [2.24, 2.45) is 5.73 Å². The van der Waals surface area contributed by atoms with Crippen molar-refractivity contribution in [2.45, 2.75) is 25.2 Å².